The molecule has 32 heavy (non-hydrogen) atoms. The van der Waals surface area contributed by atoms with Crippen molar-refractivity contribution in [3.05, 3.63) is 45.1 Å². The van der Waals surface area contributed by atoms with Gasteiger partial charge >= 0.3 is 5.69 Å². The van der Waals surface area contributed by atoms with Crippen LogP contribution in [-0.2, 0) is 13.6 Å². The van der Waals surface area contributed by atoms with E-state index in [-0.39, 0.29) is 18.7 Å². The van der Waals surface area contributed by atoms with Crippen molar-refractivity contribution in [1.82, 2.24) is 19.1 Å². The highest BCUT2D eigenvalue weighted by Gasteiger charge is 2.26. The molecular formula is C22H29N5O5. The number of fused-ring (bicyclic) bond motifs is 1. The van der Waals surface area contributed by atoms with E-state index in [2.05, 4.69) is 21.8 Å². The predicted molar refractivity (Wildman–Crippen MR) is 121 cm³/mol. The number of aliphatic hydroxyl groups excluding tert-OH is 1. The number of methoxy groups -OCH3 is 1. The van der Waals surface area contributed by atoms with Crippen molar-refractivity contribution in [1.29, 1.82) is 0 Å². The van der Waals surface area contributed by atoms with Gasteiger partial charge in [-0.1, -0.05) is 6.92 Å². The minimum atomic E-state index is -0.896. The molecule has 1 aromatic carbocycles. The summed E-state index contributed by atoms with van der Waals surface area (Å²) in [5.74, 6) is 2.39. The molecule has 1 aliphatic heterocycles. The summed E-state index contributed by atoms with van der Waals surface area (Å²) in [5.41, 5.74) is -0.469. The molecule has 4 rings (SSSR count). The van der Waals surface area contributed by atoms with E-state index in [9.17, 15) is 14.7 Å². The van der Waals surface area contributed by atoms with Gasteiger partial charge in [0, 0.05) is 20.1 Å². The van der Waals surface area contributed by atoms with E-state index in [1.54, 1.807) is 43.0 Å². The Morgan fingerprint density at radius 3 is 2.66 bits per heavy atom. The number of nitrogens with one attached hydrogen (secondary N) is 1. The normalized spacial score (nSPS) is 17.5. The van der Waals surface area contributed by atoms with Crippen molar-refractivity contribution in [2.75, 3.05) is 31.7 Å². The zero-order chi connectivity index (χ0) is 22.8. The maximum atomic E-state index is 12.7. The van der Waals surface area contributed by atoms with Gasteiger partial charge in [-0.15, -0.1) is 0 Å². The fraction of sp³-hybridized carbons (Fsp3) is 0.500. The summed E-state index contributed by atoms with van der Waals surface area (Å²) in [4.78, 5) is 33.9. The number of hydrogen-bond acceptors (Lipinski definition) is 7. The summed E-state index contributed by atoms with van der Waals surface area (Å²) in [6, 6.07) is 7.08. The number of aromatic nitrogens is 4. The fourth-order valence-electron chi connectivity index (χ4n) is 4.14. The van der Waals surface area contributed by atoms with Crippen LogP contribution < -0.4 is 25.6 Å². The first-order chi connectivity index (χ1) is 15.4. The first kappa shape index (κ1) is 21.9. The topological polar surface area (TPSA) is 115 Å². The summed E-state index contributed by atoms with van der Waals surface area (Å²) < 4.78 is 13.9. The Hall–Kier alpha value is -3.27. The first-order valence-electron chi connectivity index (χ1n) is 10.8. The molecule has 0 aliphatic carbocycles. The van der Waals surface area contributed by atoms with Gasteiger partial charge in [-0.3, -0.25) is 14.3 Å². The highest BCUT2D eigenvalue weighted by atomic mass is 16.5. The SMILES string of the molecule is COc1ccc(OC[C@H](O)Cn2c(N3CCC[C@H](C)C3)nc3c2c(=O)[nH]c(=O)n3C)cc1. The molecule has 3 heterocycles. The minimum Gasteiger partial charge on any atom is -0.497 e. The number of piperidine rings is 1. The van der Waals surface area contributed by atoms with Crippen LogP contribution in [0.1, 0.15) is 19.8 Å². The molecule has 0 radical (unpaired) electrons. The molecular weight excluding hydrogens is 414 g/mol. The highest BCUT2D eigenvalue weighted by Crippen LogP contribution is 2.25. The number of hydrogen-bond donors (Lipinski definition) is 2. The van der Waals surface area contributed by atoms with Gasteiger partial charge in [0.2, 0.25) is 5.95 Å². The Morgan fingerprint density at radius 1 is 1.25 bits per heavy atom. The summed E-state index contributed by atoms with van der Waals surface area (Å²) >= 11 is 0. The molecule has 0 bridgehead atoms. The van der Waals surface area contributed by atoms with E-state index in [0.717, 1.165) is 25.9 Å². The summed E-state index contributed by atoms with van der Waals surface area (Å²) in [7, 11) is 3.16. The van der Waals surface area contributed by atoms with Crippen molar-refractivity contribution < 1.29 is 14.6 Å². The maximum Gasteiger partial charge on any atom is 0.329 e. The van der Waals surface area contributed by atoms with Gasteiger partial charge in [0.05, 0.1) is 13.7 Å². The van der Waals surface area contributed by atoms with Crippen molar-refractivity contribution in [2.24, 2.45) is 13.0 Å². The Balaban J connectivity index is 1.63. The molecule has 3 aromatic rings. The summed E-state index contributed by atoms with van der Waals surface area (Å²) in [5, 5.41) is 10.7. The lowest BCUT2D eigenvalue weighted by atomic mass is 10.0. The molecule has 1 fully saturated rings. The van der Waals surface area contributed by atoms with Gasteiger partial charge < -0.3 is 24.0 Å². The largest absolute Gasteiger partial charge is 0.497 e. The van der Waals surface area contributed by atoms with Crippen LogP contribution in [0, 0.1) is 5.92 Å². The number of anilines is 1. The van der Waals surface area contributed by atoms with E-state index in [0.29, 0.717) is 29.0 Å². The van der Waals surface area contributed by atoms with Crippen LogP contribution in [0.3, 0.4) is 0 Å². The van der Waals surface area contributed by atoms with E-state index in [1.165, 1.54) is 4.57 Å². The third kappa shape index (κ3) is 4.36. The summed E-state index contributed by atoms with van der Waals surface area (Å²) in [6.07, 6.45) is 1.25. The first-order valence-corrected chi connectivity index (χ1v) is 10.8. The Labute approximate surface area is 185 Å². The number of rotatable bonds is 7. The Morgan fingerprint density at radius 2 is 1.97 bits per heavy atom. The molecule has 10 nitrogen and oxygen atoms in total. The molecule has 10 heteroatoms. The fourth-order valence-corrected chi connectivity index (χ4v) is 4.14. The Bertz CT molecular complexity index is 1200. The average Bonchev–Trinajstić information content (AvgIpc) is 3.16. The standard InChI is InChI=1S/C22H29N5O5/c1-14-5-4-10-26(11-14)21-23-19-18(20(29)24-22(30)25(19)2)27(21)12-15(28)13-32-17-8-6-16(31-3)7-9-17/h6-9,14-15,28H,4-5,10-13H2,1-3H3,(H,24,29,30)/t14-,15+/m0/s1. The van der Waals surface area contributed by atoms with Gasteiger partial charge in [0.1, 0.15) is 24.2 Å². The lowest BCUT2D eigenvalue weighted by Crippen LogP contribution is -2.37. The third-order valence-electron chi connectivity index (χ3n) is 5.82. The molecule has 0 unspecified atom stereocenters. The van der Waals surface area contributed by atoms with Crippen molar-refractivity contribution in [3.63, 3.8) is 0 Å². The van der Waals surface area contributed by atoms with E-state index in [4.69, 9.17) is 9.47 Å². The quantitative estimate of drug-likeness (QED) is 0.562. The lowest BCUT2D eigenvalue weighted by Gasteiger charge is -2.32. The molecule has 2 N–H and O–H groups in total. The van der Waals surface area contributed by atoms with E-state index in [1.807, 2.05) is 0 Å². The van der Waals surface area contributed by atoms with Crippen LogP contribution in [0.25, 0.3) is 11.2 Å². The number of aliphatic hydroxyl groups is 1. The van der Waals surface area contributed by atoms with E-state index >= 15 is 0 Å². The number of aryl methyl sites for hydroxylation is 1. The van der Waals surface area contributed by atoms with Crippen molar-refractivity contribution >= 4 is 17.1 Å². The van der Waals surface area contributed by atoms with Crippen LogP contribution in [0.4, 0.5) is 5.95 Å². The minimum absolute atomic E-state index is 0.0332. The molecule has 2 aromatic heterocycles. The summed E-state index contributed by atoms with van der Waals surface area (Å²) in [6.45, 7) is 3.92. The van der Waals surface area contributed by atoms with Crippen LogP contribution in [0.2, 0.25) is 0 Å². The Kier molecular flexibility index (Phi) is 6.22. The number of benzene rings is 1. The molecule has 0 saturated carbocycles. The average molecular weight is 444 g/mol. The smallest absolute Gasteiger partial charge is 0.329 e. The zero-order valence-corrected chi connectivity index (χ0v) is 18.6. The number of imidazole rings is 1. The number of ether oxygens (including phenoxy) is 2. The second-order valence-electron chi connectivity index (χ2n) is 8.35. The van der Waals surface area contributed by atoms with Gasteiger partial charge in [0.25, 0.3) is 5.56 Å². The number of aromatic amines is 1. The molecule has 0 amide bonds. The van der Waals surface area contributed by atoms with Crippen LogP contribution in [0.5, 0.6) is 11.5 Å². The van der Waals surface area contributed by atoms with Crippen LogP contribution in [-0.4, -0.2) is 57.1 Å². The molecule has 2 atom stereocenters. The highest BCUT2D eigenvalue weighted by molar-refractivity contribution is 5.74. The van der Waals surface area contributed by atoms with E-state index < -0.39 is 17.4 Å². The predicted octanol–water partition coefficient (Wildman–Crippen LogP) is 1.11. The van der Waals surface area contributed by atoms with Crippen LogP contribution >= 0.6 is 0 Å². The van der Waals surface area contributed by atoms with Gasteiger partial charge in [0.15, 0.2) is 11.2 Å². The molecule has 1 saturated heterocycles. The molecule has 0 spiro atoms. The maximum absolute atomic E-state index is 12.7. The van der Waals surface area contributed by atoms with Gasteiger partial charge in [-0.05, 0) is 43.0 Å². The molecule has 1 aliphatic rings. The van der Waals surface area contributed by atoms with Gasteiger partial charge in [-0.25, -0.2) is 4.79 Å². The van der Waals surface area contributed by atoms with Crippen molar-refractivity contribution in [2.45, 2.75) is 32.4 Å². The second kappa shape index (κ2) is 9.07. The number of nitrogens with zero attached hydrogens (tertiary/aromatic N) is 4. The molecule has 172 valence electrons. The zero-order valence-electron chi connectivity index (χ0n) is 18.6. The third-order valence-corrected chi connectivity index (χ3v) is 5.82. The van der Waals surface area contributed by atoms with Crippen molar-refractivity contribution in [3.8, 4) is 11.5 Å². The lowest BCUT2D eigenvalue weighted by molar-refractivity contribution is 0.0935. The monoisotopic (exact) mass is 443 g/mol. The van der Waals surface area contributed by atoms with Gasteiger partial charge in [-0.2, -0.15) is 4.98 Å². The number of H-pyrrole nitrogens is 1. The van der Waals surface area contributed by atoms with Crippen LogP contribution in [0.15, 0.2) is 33.9 Å². The second-order valence-corrected chi connectivity index (χ2v) is 8.35.